The van der Waals surface area contributed by atoms with Crippen molar-refractivity contribution in [1.29, 1.82) is 0 Å². The van der Waals surface area contributed by atoms with Gasteiger partial charge < -0.3 is 10.0 Å². The zero-order chi connectivity index (χ0) is 82.9. The largest absolute Gasteiger partial charge is 0.528 e. The fourth-order valence-electron chi connectivity index (χ4n) is 23.0. The average Bonchev–Trinajstić information content (AvgIpc) is 1.54. The maximum Gasteiger partial charge on any atom is 0.528 e. The number of rotatable bonds is 12. The van der Waals surface area contributed by atoms with Crippen molar-refractivity contribution in [1.82, 2.24) is 44.9 Å². The van der Waals surface area contributed by atoms with Gasteiger partial charge in [0.25, 0.3) is 0 Å². The lowest BCUT2D eigenvalue weighted by atomic mass is 9.43. The second kappa shape index (κ2) is 34.5. The standard InChI is InChI=1S/C58H44N6.C34H28Cl2.C15H12BN3O2.C2H6.2CH4/c1-5-13-39(14-6-1)52-59-53(40-15-7-2-8-16-40)62-56(61-52)43-23-21-38(22-24-43)44-25-27-48-49-28-26-45(35-51(49)58(50(48)34-44)46-30-36-29-37(32-46)33-47(58)31-36)57-63-54(41-17-9-3-10-18-41)60-55(64-57)42-19-11-4-12-20-42;35-28-7-1-22(2-8-28)24-5-11-30-31-12-6-25(23-3-9-29(36)10-4-23)19-33(31)34(32(30)18-24)26-14-20-13-21(16-26)17-27(34)15-20;20-16(21)15-18-13(11-7-3-1-4-8-11)17-14(19-15)12-9-5-2-6-10-12;1-2;;/h1-28,34-37,46-47H,29-33H2;1-12,18-21,26-27H,13-17H2;1-10,20-21H;1-2H3;2*1H4. The van der Waals surface area contributed by atoms with Crippen molar-refractivity contribution < 1.29 is 10.0 Å². The molecule has 11 nitrogen and oxygen atoms in total. The molecule has 616 valence electrons. The minimum Gasteiger partial charge on any atom is -0.421 e. The van der Waals surface area contributed by atoms with E-state index in [9.17, 15) is 10.0 Å². The van der Waals surface area contributed by atoms with Crippen LogP contribution >= 0.6 is 23.2 Å². The number of aromatic nitrogens is 9. The summed E-state index contributed by atoms with van der Waals surface area (Å²) < 4.78 is 0. The number of halogens is 2. The van der Waals surface area contributed by atoms with Crippen LogP contribution in [0.3, 0.4) is 0 Å². The molecule has 8 fully saturated rings. The molecule has 0 saturated heterocycles. The van der Waals surface area contributed by atoms with Crippen LogP contribution in [0.5, 0.6) is 0 Å². The highest BCUT2D eigenvalue weighted by Crippen LogP contribution is 2.72. The summed E-state index contributed by atoms with van der Waals surface area (Å²) in [6.07, 6.45) is 13.7. The van der Waals surface area contributed by atoms with Gasteiger partial charge in [-0.1, -0.05) is 331 Å². The van der Waals surface area contributed by atoms with E-state index in [-0.39, 0.29) is 31.4 Å². The van der Waals surface area contributed by atoms with Gasteiger partial charge in [-0.05, 0) is 238 Å². The van der Waals surface area contributed by atoms with Crippen LogP contribution in [-0.4, -0.2) is 62.0 Å². The summed E-state index contributed by atoms with van der Waals surface area (Å²) in [5.74, 6) is 11.2. The van der Waals surface area contributed by atoms with Gasteiger partial charge in [-0.2, -0.15) is 0 Å². The van der Waals surface area contributed by atoms with Crippen molar-refractivity contribution in [3.8, 4) is 147 Å². The van der Waals surface area contributed by atoms with Crippen LogP contribution in [0.15, 0.2) is 328 Å². The van der Waals surface area contributed by atoms with Crippen molar-refractivity contribution in [2.45, 2.75) is 104 Å². The second-order valence-corrected chi connectivity index (χ2v) is 35.4. The van der Waals surface area contributed by atoms with E-state index in [2.05, 4.69) is 185 Å². The van der Waals surface area contributed by atoms with Gasteiger partial charge in [0, 0.05) is 65.4 Å². The minimum absolute atomic E-state index is 0. The van der Waals surface area contributed by atoms with Crippen molar-refractivity contribution in [3.05, 3.63) is 360 Å². The first-order valence-electron chi connectivity index (χ1n) is 43.7. The Bertz CT molecular complexity index is 6270. The Morgan fingerprint density at radius 3 is 0.672 bits per heavy atom. The summed E-state index contributed by atoms with van der Waals surface area (Å²) >= 11 is 12.4. The maximum atomic E-state index is 9.37. The quantitative estimate of drug-likeness (QED) is 0.112. The summed E-state index contributed by atoms with van der Waals surface area (Å²) in [5.41, 5.74) is 26.9. The molecule has 8 bridgehead atoms. The predicted octanol–water partition coefficient (Wildman–Crippen LogP) is 26.7. The Balaban J connectivity index is 0.000000140. The Morgan fingerprint density at radius 1 is 0.232 bits per heavy atom. The molecule has 13 aromatic carbocycles. The number of hydrogen-bond donors (Lipinski definition) is 2. The van der Waals surface area contributed by atoms with E-state index < -0.39 is 7.12 Å². The molecule has 0 radical (unpaired) electrons. The van der Waals surface area contributed by atoms with Crippen LogP contribution < -0.4 is 5.72 Å². The van der Waals surface area contributed by atoms with Gasteiger partial charge in [-0.15, -0.1) is 0 Å². The smallest absolute Gasteiger partial charge is 0.421 e. The minimum atomic E-state index is -1.74. The SMILES string of the molecule is C.C.CC.Clc1ccc(-c2ccc3c(c2)C2(c4cc(-c5ccc(Cl)cc5)ccc4-3)C3CC4CC(C3)CC2C4)cc1.OB(O)c1nc(-c2ccccc2)nc(-c2ccccc2)n1.c1ccc(-c2nc(-c3ccccc3)nc(-c3ccc(-c4ccc5c(c4)C4(c6cc(-c7nc(-c8ccccc8)nc(-c8ccccc8)n7)ccc6-5)C5CC6CC(C5)CC4C6)cc3)n2)cc1. The van der Waals surface area contributed by atoms with Crippen LogP contribution in [0.4, 0.5) is 0 Å². The van der Waals surface area contributed by atoms with E-state index in [1.807, 2.05) is 172 Å². The molecule has 3 aromatic heterocycles. The maximum absolute atomic E-state index is 9.37. The van der Waals surface area contributed by atoms with Gasteiger partial charge in [0.15, 0.2) is 52.3 Å². The molecule has 26 rings (SSSR count). The third-order valence-electron chi connectivity index (χ3n) is 27.7. The van der Waals surface area contributed by atoms with Crippen LogP contribution in [0.1, 0.15) is 115 Å². The van der Waals surface area contributed by atoms with Crippen molar-refractivity contribution in [2.75, 3.05) is 0 Å². The molecular formula is C111H98BCl2N9O2. The molecule has 3 heterocycles. The van der Waals surface area contributed by atoms with Crippen molar-refractivity contribution >= 4 is 36.0 Å². The van der Waals surface area contributed by atoms with E-state index in [0.717, 1.165) is 95.9 Å². The van der Waals surface area contributed by atoms with Gasteiger partial charge in [-0.3, -0.25) is 0 Å². The first-order chi connectivity index (χ1) is 60.5. The van der Waals surface area contributed by atoms with Gasteiger partial charge in [0.1, 0.15) is 0 Å². The van der Waals surface area contributed by atoms with Gasteiger partial charge in [0.05, 0.1) is 0 Å². The highest BCUT2D eigenvalue weighted by atomic mass is 35.5. The van der Waals surface area contributed by atoms with E-state index >= 15 is 0 Å². The molecule has 8 saturated carbocycles. The lowest BCUT2D eigenvalue weighted by Crippen LogP contribution is -2.55. The van der Waals surface area contributed by atoms with E-state index in [1.165, 1.54) is 131 Å². The third-order valence-corrected chi connectivity index (χ3v) is 28.2. The predicted molar refractivity (Wildman–Crippen MR) is 510 cm³/mol. The van der Waals surface area contributed by atoms with E-state index in [0.29, 0.717) is 52.6 Å². The number of benzene rings is 13. The summed E-state index contributed by atoms with van der Waals surface area (Å²) in [6.45, 7) is 4.00. The summed E-state index contributed by atoms with van der Waals surface area (Å²) in [7, 11) is -1.74. The van der Waals surface area contributed by atoms with Gasteiger partial charge in [-0.25, -0.2) is 44.9 Å². The molecule has 14 heteroatoms. The molecule has 10 aliphatic carbocycles. The molecule has 0 aliphatic heterocycles. The second-order valence-electron chi connectivity index (χ2n) is 34.5. The molecular weight excluding hydrogens is 1570 g/mol. The molecule has 0 amide bonds. The normalized spacial score (nSPS) is 20.2. The monoisotopic (exact) mass is 1670 g/mol. The lowest BCUT2D eigenvalue weighted by Gasteiger charge is -2.61. The van der Waals surface area contributed by atoms with Crippen molar-refractivity contribution in [3.63, 3.8) is 0 Å². The average molecular weight is 1670 g/mol. The Morgan fingerprint density at radius 2 is 0.424 bits per heavy atom. The molecule has 16 aromatic rings. The first-order valence-corrected chi connectivity index (χ1v) is 44.4. The lowest BCUT2D eigenvalue weighted by molar-refractivity contribution is -0.0399. The van der Waals surface area contributed by atoms with Crippen LogP contribution in [0.2, 0.25) is 10.0 Å². The Kier molecular flexibility index (Phi) is 22.7. The fraction of sp³-hybridized carbons (Fsp3) is 0.216. The summed E-state index contributed by atoms with van der Waals surface area (Å²) in [5, 5.41) is 20.3. The summed E-state index contributed by atoms with van der Waals surface area (Å²) in [6, 6.07) is 114. The Labute approximate surface area is 743 Å². The number of nitrogens with zero attached hydrogens (tertiary/aromatic N) is 9. The molecule has 0 unspecified atom stereocenters. The topological polar surface area (TPSA) is 156 Å². The molecule has 2 N–H and O–H groups in total. The van der Waals surface area contributed by atoms with E-state index in [1.54, 1.807) is 11.1 Å². The third kappa shape index (κ3) is 15.1. The zero-order valence-electron chi connectivity index (χ0n) is 68.6. The van der Waals surface area contributed by atoms with Gasteiger partial charge >= 0.3 is 7.12 Å². The first kappa shape index (κ1) is 82.1. The molecule has 0 atom stereocenters. The molecule has 125 heavy (non-hydrogen) atoms. The molecule has 10 aliphatic rings. The van der Waals surface area contributed by atoms with Crippen LogP contribution in [0.25, 0.3) is 147 Å². The number of fused-ring (bicyclic) bond motifs is 6. The molecule has 2 spiro atoms. The Hall–Kier alpha value is -12.5. The van der Waals surface area contributed by atoms with Crippen LogP contribution in [0, 0.1) is 47.3 Å². The zero-order valence-corrected chi connectivity index (χ0v) is 70.1. The highest BCUT2D eigenvalue weighted by Gasteiger charge is 2.63. The fourth-order valence-corrected chi connectivity index (χ4v) is 23.2. The number of hydrogen-bond acceptors (Lipinski definition) is 11. The summed E-state index contributed by atoms with van der Waals surface area (Å²) in [4.78, 5) is 42.9. The van der Waals surface area contributed by atoms with Crippen LogP contribution in [-0.2, 0) is 10.8 Å². The highest BCUT2D eigenvalue weighted by molar-refractivity contribution is 6.56. The van der Waals surface area contributed by atoms with Gasteiger partial charge in [0.2, 0.25) is 0 Å². The van der Waals surface area contributed by atoms with Crippen molar-refractivity contribution in [2.24, 2.45) is 47.3 Å². The van der Waals surface area contributed by atoms with E-state index in [4.69, 9.17) is 53.1 Å².